The van der Waals surface area contributed by atoms with Crippen LogP contribution in [0.3, 0.4) is 0 Å². The maximum Gasteiger partial charge on any atom is 0.416 e. The number of hydrogen-bond acceptors (Lipinski definition) is 3. The number of alkyl halides is 3. The molecule has 1 aromatic heterocycles. The van der Waals surface area contributed by atoms with E-state index in [0.29, 0.717) is 19.5 Å². The molecule has 0 saturated carbocycles. The van der Waals surface area contributed by atoms with Crippen LogP contribution in [-0.2, 0) is 11.0 Å². The van der Waals surface area contributed by atoms with Gasteiger partial charge in [-0.15, -0.1) is 0 Å². The highest BCUT2D eigenvalue weighted by atomic mass is 19.4. The van der Waals surface area contributed by atoms with E-state index in [-0.39, 0.29) is 23.2 Å². The van der Waals surface area contributed by atoms with Crippen molar-refractivity contribution in [2.75, 3.05) is 18.0 Å². The SMILES string of the molecule is CC(C)(C)NC(=O)C1CCN(c2cc(C(F)(F)F)ccn2)C1. The van der Waals surface area contributed by atoms with Crippen molar-refractivity contribution >= 4 is 11.7 Å². The van der Waals surface area contributed by atoms with Crippen LogP contribution in [0.25, 0.3) is 0 Å². The lowest BCUT2D eigenvalue weighted by Gasteiger charge is -2.23. The quantitative estimate of drug-likeness (QED) is 0.913. The molecule has 1 N–H and O–H groups in total. The fourth-order valence-electron chi connectivity index (χ4n) is 2.42. The highest BCUT2D eigenvalue weighted by molar-refractivity contribution is 5.80. The Kier molecular flexibility index (Phi) is 4.35. The molecule has 1 aliphatic heterocycles. The minimum absolute atomic E-state index is 0.0676. The van der Waals surface area contributed by atoms with Crippen molar-refractivity contribution in [3.05, 3.63) is 23.9 Å². The van der Waals surface area contributed by atoms with Crippen molar-refractivity contribution in [1.29, 1.82) is 0 Å². The normalized spacial score (nSPS) is 19.4. The highest BCUT2D eigenvalue weighted by Crippen LogP contribution is 2.32. The summed E-state index contributed by atoms with van der Waals surface area (Å²) < 4.78 is 38.2. The number of rotatable bonds is 2. The molecule has 22 heavy (non-hydrogen) atoms. The number of carbonyl (C=O) groups is 1. The summed E-state index contributed by atoms with van der Waals surface area (Å²) in [4.78, 5) is 17.8. The van der Waals surface area contributed by atoms with Crippen LogP contribution >= 0.6 is 0 Å². The zero-order valence-corrected chi connectivity index (χ0v) is 12.9. The van der Waals surface area contributed by atoms with Gasteiger partial charge in [-0.2, -0.15) is 13.2 Å². The Morgan fingerprint density at radius 1 is 1.36 bits per heavy atom. The molecule has 1 saturated heterocycles. The molecule has 1 fully saturated rings. The first kappa shape index (κ1) is 16.6. The molecule has 1 atom stereocenters. The average molecular weight is 315 g/mol. The number of aromatic nitrogens is 1. The van der Waals surface area contributed by atoms with Crippen molar-refractivity contribution in [2.24, 2.45) is 5.92 Å². The Hall–Kier alpha value is -1.79. The fraction of sp³-hybridized carbons (Fsp3) is 0.600. The third-order valence-corrected chi connectivity index (χ3v) is 3.45. The Balaban J connectivity index is 2.06. The van der Waals surface area contributed by atoms with Gasteiger partial charge in [-0.1, -0.05) is 0 Å². The second kappa shape index (κ2) is 5.78. The third kappa shape index (κ3) is 4.11. The smallest absolute Gasteiger partial charge is 0.356 e. The molecule has 0 spiro atoms. The molecule has 1 aromatic rings. The standard InChI is InChI=1S/C15H20F3N3O/c1-14(2,3)20-13(22)10-5-7-21(9-10)12-8-11(4-6-19-12)15(16,17)18/h4,6,8,10H,5,7,9H2,1-3H3,(H,20,22). The molecule has 2 rings (SSSR count). The van der Waals surface area contributed by atoms with Crippen molar-refractivity contribution in [2.45, 2.75) is 38.9 Å². The lowest BCUT2D eigenvalue weighted by Crippen LogP contribution is -2.44. The average Bonchev–Trinajstić information content (AvgIpc) is 2.85. The first-order valence-electron chi connectivity index (χ1n) is 7.16. The second-order valence-electron chi connectivity index (χ2n) is 6.57. The van der Waals surface area contributed by atoms with Crippen LogP contribution < -0.4 is 10.2 Å². The van der Waals surface area contributed by atoms with E-state index in [2.05, 4.69) is 10.3 Å². The molecule has 0 aromatic carbocycles. The molecule has 0 bridgehead atoms. The van der Waals surface area contributed by atoms with Gasteiger partial charge in [-0.25, -0.2) is 4.98 Å². The first-order valence-corrected chi connectivity index (χ1v) is 7.16. The van der Waals surface area contributed by atoms with Crippen LogP contribution in [0.1, 0.15) is 32.8 Å². The summed E-state index contributed by atoms with van der Waals surface area (Å²) in [5.74, 6) is -0.0292. The van der Waals surface area contributed by atoms with Gasteiger partial charge in [-0.05, 0) is 39.3 Å². The van der Waals surface area contributed by atoms with E-state index in [4.69, 9.17) is 0 Å². The van der Waals surface area contributed by atoms with E-state index in [9.17, 15) is 18.0 Å². The predicted molar refractivity (Wildman–Crippen MR) is 77.5 cm³/mol. The summed E-state index contributed by atoms with van der Waals surface area (Å²) in [5.41, 5.74) is -1.04. The molecular formula is C15H20F3N3O. The molecule has 2 heterocycles. The monoisotopic (exact) mass is 315 g/mol. The Morgan fingerprint density at radius 3 is 2.64 bits per heavy atom. The van der Waals surface area contributed by atoms with E-state index < -0.39 is 11.7 Å². The van der Waals surface area contributed by atoms with Gasteiger partial charge >= 0.3 is 6.18 Å². The number of pyridine rings is 1. The molecular weight excluding hydrogens is 295 g/mol. The van der Waals surface area contributed by atoms with Crippen LogP contribution in [-0.4, -0.2) is 29.5 Å². The van der Waals surface area contributed by atoms with Crippen LogP contribution in [0.2, 0.25) is 0 Å². The van der Waals surface area contributed by atoms with Crippen LogP contribution in [0, 0.1) is 5.92 Å². The first-order chi connectivity index (χ1) is 10.1. The molecule has 1 aliphatic rings. The van der Waals surface area contributed by atoms with Gasteiger partial charge in [0.05, 0.1) is 11.5 Å². The van der Waals surface area contributed by atoms with E-state index in [1.165, 1.54) is 0 Å². The number of anilines is 1. The van der Waals surface area contributed by atoms with Gasteiger partial charge in [0.15, 0.2) is 0 Å². The van der Waals surface area contributed by atoms with Gasteiger partial charge in [0.25, 0.3) is 0 Å². The second-order valence-corrected chi connectivity index (χ2v) is 6.57. The largest absolute Gasteiger partial charge is 0.416 e. The zero-order chi connectivity index (χ0) is 16.5. The summed E-state index contributed by atoms with van der Waals surface area (Å²) >= 11 is 0. The van der Waals surface area contributed by atoms with Crippen molar-refractivity contribution < 1.29 is 18.0 Å². The summed E-state index contributed by atoms with van der Waals surface area (Å²) in [6.07, 6.45) is -2.62. The van der Waals surface area contributed by atoms with E-state index in [1.807, 2.05) is 20.8 Å². The van der Waals surface area contributed by atoms with Crippen LogP contribution in [0.5, 0.6) is 0 Å². The number of halogens is 3. The molecule has 0 radical (unpaired) electrons. The van der Waals surface area contributed by atoms with Crippen LogP contribution in [0.4, 0.5) is 19.0 Å². The van der Waals surface area contributed by atoms with Gasteiger partial charge in [0.2, 0.25) is 5.91 Å². The van der Waals surface area contributed by atoms with Crippen LogP contribution in [0.15, 0.2) is 18.3 Å². The predicted octanol–water partition coefficient (Wildman–Crippen LogP) is 2.84. The molecule has 4 nitrogen and oxygen atoms in total. The lowest BCUT2D eigenvalue weighted by molar-refractivity contribution is -0.137. The van der Waals surface area contributed by atoms with E-state index in [1.54, 1.807) is 4.90 Å². The van der Waals surface area contributed by atoms with Gasteiger partial charge in [0, 0.05) is 24.8 Å². The molecule has 1 amide bonds. The molecule has 1 unspecified atom stereocenters. The summed E-state index contributed by atoms with van der Waals surface area (Å²) in [6, 6.07) is 1.98. The van der Waals surface area contributed by atoms with E-state index >= 15 is 0 Å². The van der Waals surface area contributed by atoms with Gasteiger partial charge < -0.3 is 10.2 Å². The molecule has 0 aliphatic carbocycles. The van der Waals surface area contributed by atoms with Gasteiger partial charge in [-0.3, -0.25) is 4.79 Å². The highest BCUT2D eigenvalue weighted by Gasteiger charge is 2.34. The fourth-order valence-corrected chi connectivity index (χ4v) is 2.42. The number of carbonyl (C=O) groups excluding carboxylic acids is 1. The Bertz CT molecular complexity index is 552. The Labute approximate surface area is 127 Å². The maximum atomic E-state index is 12.7. The van der Waals surface area contributed by atoms with Crippen molar-refractivity contribution in [3.63, 3.8) is 0 Å². The molecule has 7 heteroatoms. The van der Waals surface area contributed by atoms with Gasteiger partial charge in [0.1, 0.15) is 5.82 Å². The number of nitrogens with zero attached hydrogens (tertiary/aromatic N) is 2. The Morgan fingerprint density at radius 2 is 2.05 bits per heavy atom. The van der Waals surface area contributed by atoms with Crippen molar-refractivity contribution in [3.8, 4) is 0 Å². The zero-order valence-electron chi connectivity index (χ0n) is 12.9. The molecule has 122 valence electrons. The summed E-state index contributed by atoms with van der Waals surface area (Å²) in [5, 5.41) is 2.90. The lowest BCUT2D eigenvalue weighted by atomic mass is 10.0. The number of nitrogens with one attached hydrogen (secondary N) is 1. The topological polar surface area (TPSA) is 45.2 Å². The minimum Gasteiger partial charge on any atom is -0.356 e. The van der Waals surface area contributed by atoms with Crippen molar-refractivity contribution in [1.82, 2.24) is 10.3 Å². The summed E-state index contributed by atoms with van der Waals surface area (Å²) in [6.45, 7) is 6.59. The number of hydrogen-bond donors (Lipinski definition) is 1. The number of amides is 1. The third-order valence-electron chi connectivity index (χ3n) is 3.45. The minimum atomic E-state index is -4.39. The summed E-state index contributed by atoms with van der Waals surface area (Å²) in [7, 11) is 0. The maximum absolute atomic E-state index is 12.7. The van der Waals surface area contributed by atoms with E-state index in [0.717, 1.165) is 18.3 Å².